The Kier molecular flexibility index (Phi) is 4.64. The second-order valence-corrected chi connectivity index (χ2v) is 4.50. The first kappa shape index (κ1) is 14.4. The fourth-order valence-electron chi connectivity index (χ4n) is 1.48. The molecule has 1 rings (SSSR count). The molecule has 0 saturated carbocycles. The minimum atomic E-state index is -2.45. The average Bonchev–Trinajstić information content (AvgIpc) is 2.30. The van der Waals surface area contributed by atoms with Crippen LogP contribution in [0.5, 0.6) is 0 Å². The van der Waals surface area contributed by atoms with Gasteiger partial charge in [0, 0.05) is 25.3 Å². The second-order valence-electron chi connectivity index (χ2n) is 4.50. The molecule has 1 unspecified atom stereocenters. The van der Waals surface area contributed by atoms with Gasteiger partial charge in [0.05, 0.1) is 6.04 Å². The maximum Gasteiger partial charge on any atom is 0.258 e. The normalized spacial score (nSPS) is 12.4. The Morgan fingerprint density at radius 1 is 1.33 bits per heavy atom. The van der Waals surface area contributed by atoms with Gasteiger partial charge in [-0.05, 0) is 31.5 Å². The van der Waals surface area contributed by atoms with E-state index in [1.807, 2.05) is 6.92 Å². The van der Waals surface area contributed by atoms with Gasteiger partial charge in [-0.15, -0.1) is 0 Å². The van der Waals surface area contributed by atoms with E-state index in [-0.39, 0.29) is 5.91 Å². The summed E-state index contributed by atoms with van der Waals surface area (Å²) < 4.78 is 25.0. The standard InChI is InChI=1S/C13H18F2N2O/c1-8-5-6-10(13(18)17(3)4)7-11(8)16-9(2)12(14)15/h5-7,9,12,16H,1-4H3. The van der Waals surface area contributed by atoms with E-state index in [9.17, 15) is 13.6 Å². The summed E-state index contributed by atoms with van der Waals surface area (Å²) in [5.41, 5.74) is 1.88. The maximum atomic E-state index is 12.5. The van der Waals surface area contributed by atoms with E-state index in [0.717, 1.165) is 5.56 Å². The molecule has 1 amide bonds. The highest BCUT2D eigenvalue weighted by Gasteiger charge is 2.16. The number of anilines is 1. The summed E-state index contributed by atoms with van der Waals surface area (Å²) in [4.78, 5) is 13.2. The molecule has 0 aliphatic rings. The highest BCUT2D eigenvalue weighted by Crippen LogP contribution is 2.20. The van der Waals surface area contributed by atoms with Gasteiger partial charge in [0.1, 0.15) is 0 Å². The molecule has 0 heterocycles. The molecule has 3 nitrogen and oxygen atoms in total. The first-order chi connectivity index (χ1) is 8.32. The van der Waals surface area contributed by atoms with E-state index in [0.29, 0.717) is 11.3 Å². The lowest BCUT2D eigenvalue weighted by atomic mass is 10.1. The maximum absolute atomic E-state index is 12.5. The minimum Gasteiger partial charge on any atom is -0.377 e. The van der Waals surface area contributed by atoms with Crippen molar-refractivity contribution >= 4 is 11.6 Å². The van der Waals surface area contributed by atoms with Crippen LogP contribution in [0.25, 0.3) is 0 Å². The first-order valence-corrected chi connectivity index (χ1v) is 5.70. The minimum absolute atomic E-state index is 0.150. The number of aryl methyl sites for hydroxylation is 1. The van der Waals surface area contributed by atoms with Crippen LogP contribution in [0, 0.1) is 6.92 Å². The Labute approximate surface area is 106 Å². The van der Waals surface area contributed by atoms with E-state index in [1.54, 1.807) is 32.3 Å². The van der Waals surface area contributed by atoms with E-state index < -0.39 is 12.5 Å². The summed E-state index contributed by atoms with van der Waals surface area (Å²) in [5, 5.41) is 2.72. The van der Waals surface area contributed by atoms with Crippen molar-refractivity contribution in [3.05, 3.63) is 29.3 Å². The molecule has 0 aliphatic heterocycles. The summed E-state index contributed by atoms with van der Waals surface area (Å²) in [6, 6.07) is 4.09. The van der Waals surface area contributed by atoms with Crippen LogP contribution in [0.4, 0.5) is 14.5 Å². The van der Waals surface area contributed by atoms with Gasteiger partial charge in [0.2, 0.25) is 0 Å². The van der Waals surface area contributed by atoms with Crippen molar-refractivity contribution in [3.8, 4) is 0 Å². The number of halogens is 2. The smallest absolute Gasteiger partial charge is 0.258 e. The molecule has 0 aliphatic carbocycles. The largest absolute Gasteiger partial charge is 0.377 e. The summed E-state index contributed by atoms with van der Waals surface area (Å²) >= 11 is 0. The number of rotatable bonds is 4. The van der Waals surface area contributed by atoms with Crippen molar-refractivity contribution in [2.24, 2.45) is 0 Å². The molecule has 0 spiro atoms. The van der Waals surface area contributed by atoms with Crippen molar-refractivity contribution < 1.29 is 13.6 Å². The third-order valence-corrected chi connectivity index (χ3v) is 2.65. The molecular weight excluding hydrogens is 238 g/mol. The average molecular weight is 256 g/mol. The number of carbonyl (C=O) groups is 1. The Balaban J connectivity index is 2.98. The van der Waals surface area contributed by atoms with Gasteiger partial charge in [0.25, 0.3) is 12.3 Å². The fourth-order valence-corrected chi connectivity index (χ4v) is 1.48. The lowest BCUT2D eigenvalue weighted by Gasteiger charge is -2.18. The van der Waals surface area contributed by atoms with Gasteiger partial charge in [0.15, 0.2) is 0 Å². The lowest BCUT2D eigenvalue weighted by molar-refractivity contribution is 0.0827. The van der Waals surface area contributed by atoms with Crippen LogP contribution >= 0.6 is 0 Å². The number of hydrogen-bond acceptors (Lipinski definition) is 2. The van der Waals surface area contributed by atoms with Crippen LogP contribution in [-0.2, 0) is 0 Å². The predicted molar refractivity (Wildman–Crippen MR) is 68.3 cm³/mol. The van der Waals surface area contributed by atoms with Crippen molar-refractivity contribution in [2.45, 2.75) is 26.3 Å². The fraction of sp³-hybridized carbons (Fsp3) is 0.462. The Morgan fingerprint density at radius 2 is 1.94 bits per heavy atom. The molecule has 1 atom stereocenters. The molecule has 18 heavy (non-hydrogen) atoms. The first-order valence-electron chi connectivity index (χ1n) is 5.70. The molecule has 100 valence electrons. The van der Waals surface area contributed by atoms with Gasteiger partial charge < -0.3 is 10.2 Å². The lowest BCUT2D eigenvalue weighted by Crippen LogP contribution is -2.25. The number of amides is 1. The molecule has 0 radical (unpaired) electrons. The van der Waals surface area contributed by atoms with E-state index in [2.05, 4.69) is 5.32 Å². The number of alkyl halides is 2. The van der Waals surface area contributed by atoms with Crippen molar-refractivity contribution in [1.82, 2.24) is 4.90 Å². The number of nitrogens with one attached hydrogen (secondary N) is 1. The Morgan fingerprint density at radius 3 is 2.44 bits per heavy atom. The van der Waals surface area contributed by atoms with Gasteiger partial charge in [-0.2, -0.15) is 0 Å². The number of hydrogen-bond donors (Lipinski definition) is 1. The zero-order valence-electron chi connectivity index (χ0n) is 11.0. The molecule has 1 aromatic carbocycles. The van der Waals surface area contributed by atoms with Crippen LogP contribution in [0.1, 0.15) is 22.8 Å². The monoisotopic (exact) mass is 256 g/mol. The quantitative estimate of drug-likeness (QED) is 0.898. The molecule has 0 saturated heterocycles. The highest BCUT2D eigenvalue weighted by molar-refractivity contribution is 5.95. The summed E-state index contributed by atoms with van der Waals surface area (Å²) in [5.74, 6) is -0.150. The number of nitrogens with zero attached hydrogens (tertiary/aromatic N) is 1. The van der Waals surface area contributed by atoms with Crippen LogP contribution in [0.3, 0.4) is 0 Å². The van der Waals surface area contributed by atoms with Crippen LogP contribution in [0.2, 0.25) is 0 Å². The van der Waals surface area contributed by atoms with E-state index in [1.165, 1.54) is 11.8 Å². The SMILES string of the molecule is Cc1ccc(C(=O)N(C)C)cc1NC(C)C(F)F. The van der Waals surface area contributed by atoms with Gasteiger partial charge >= 0.3 is 0 Å². The molecule has 0 fully saturated rings. The topological polar surface area (TPSA) is 32.3 Å². The molecule has 1 N–H and O–H groups in total. The second kappa shape index (κ2) is 5.80. The zero-order valence-corrected chi connectivity index (χ0v) is 11.0. The third kappa shape index (κ3) is 3.42. The molecular formula is C13H18F2N2O. The molecule has 1 aromatic rings. The number of benzene rings is 1. The van der Waals surface area contributed by atoms with Crippen LogP contribution in [0.15, 0.2) is 18.2 Å². The predicted octanol–water partition coefficient (Wildman–Crippen LogP) is 2.76. The van der Waals surface area contributed by atoms with Gasteiger partial charge in [-0.25, -0.2) is 8.78 Å². The molecule has 5 heteroatoms. The zero-order chi connectivity index (χ0) is 13.9. The van der Waals surface area contributed by atoms with Crippen LogP contribution < -0.4 is 5.32 Å². The summed E-state index contributed by atoms with van der Waals surface area (Å²) in [7, 11) is 3.30. The third-order valence-electron chi connectivity index (χ3n) is 2.65. The van der Waals surface area contributed by atoms with E-state index in [4.69, 9.17) is 0 Å². The van der Waals surface area contributed by atoms with E-state index >= 15 is 0 Å². The van der Waals surface area contributed by atoms with Crippen LogP contribution in [-0.4, -0.2) is 37.4 Å². The Hall–Kier alpha value is -1.65. The van der Waals surface area contributed by atoms with Gasteiger partial charge in [-0.1, -0.05) is 6.07 Å². The summed E-state index contributed by atoms with van der Waals surface area (Å²) in [6.45, 7) is 3.22. The number of carbonyl (C=O) groups excluding carboxylic acids is 1. The summed E-state index contributed by atoms with van der Waals surface area (Å²) in [6.07, 6.45) is -2.45. The van der Waals surface area contributed by atoms with Crippen molar-refractivity contribution in [2.75, 3.05) is 19.4 Å². The van der Waals surface area contributed by atoms with Crippen molar-refractivity contribution in [1.29, 1.82) is 0 Å². The van der Waals surface area contributed by atoms with Crippen molar-refractivity contribution in [3.63, 3.8) is 0 Å². The molecule has 0 bridgehead atoms. The molecule has 0 aromatic heterocycles. The Bertz CT molecular complexity index is 433. The van der Waals surface area contributed by atoms with Gasteiger partial charge in [-0.3, -0.25) is 4.79 Å². The highest BCUT2D eigenvalue weighted by atomic mass is 19.3.